The fourth-order valence-electron chi connectivity index (χ4n) is 1.23. The molecular formula is C11H12Br2ClNO2. The van der Waals surface area contributed by atoms with Gasteiger partial charge in [0.05, 0.1) is 12.0 Å². The molecule has 0 aliphatic carbocycles. The van der Waals surface area contributed by atoms with Crippen LogP contribution in [0.5, 0.6) is 0 Å². The third kappa shape index (κ3) is 5.38. The highest BCUT2D eigenvalue weighted by atomic mass is 79.9. The first-order chi connectivity index (χ1) is 8.02. The summed E-state index contributed by atoms with van der Waals surface area (Å²) in [6, 6.07) is 5.37. The topological polar surface area (TPSA) is 38.3 Å². The van der Waals surface area contributed by atoms with Crippen molar-refractivity contribution in [3.63, 3.8) is 0 Å². The van der Waals surface area contributed by atoms with Crippen LogP contribution in [-0.4, -0.2) is 31.5 Å². The molecule has 0 spiro atoms. The van der Waals surface area contributed by atoms with Crippen molar-refractivity contribution >= 4 is 49.4 Å². The molecule has 0 radical (unpaired) electrons. The second-order valence-corrected chi connectivity index (χ2v) is 5.87. The van der Waals surface area contributed by atoms with Crippen molar-refractivity contribution in [3.8, 4) is 0 Å². The largest absolute Gasteiger partial charge is 0.383 e. The number of nitrogens with one attached hydrogen (secondary N) is 1. The molecule has 94 valence electrons. The molecule has 1 atom stereocenters. The predicted molar refractivity (Wildman–Crippen MR) is 75.7 cm³/mol. The highest BCUT2D eigenvalue weighted by molar-refractivity contribution is 9.11. The van der Waals surface area contributed by atoms with E-state index in [-0.39, 0.29) is 11.3 Å². The minimum absolute atomic E-state index is 0.159. The number of hydrogen-bond acceptors (Lipinski definition) is 2. The molecule has 0 fully saturated rings. The normalized spacial score (nSPS) is 12.2. The number of carbonyl (C=O) groups excluding carboxylic acids is 1. The first-order valence-corrected chi connectivity index (χ1v) is 6.92. The molecule has 17 heavy (non-hydrogen) atoms. The molecule has 1 aromatic rings. The van der Waals surface area contributed by atoms with Crippen LogP contribution in [0.3, 0.4) is 0 Å². The van der Waals surface area contributed by atoms with Gasteiger partial charge in [0, 0.05) is 28.2 Å². The van der Waals surface area contributed by atoms with Crippen molar-refractivity contribution in [1.82, 2.24) is 5.32 Å². The van der Waals surface area contributed by atoms with Gasteiger partial charge in [0.25, 0.3) is 5.91 Å². The molecule has 3 nitrogen and oxygen atoms in total. The first-order valence-electron chi connectivity index (χ1n) is 4.90. The molecule has 1 rings (SSSR count). The second kappa shape index (κ2) is 7.36. The van der Waals surface area contributed by atoms with Gasteiger partial charge in [-0.05, 0) is 18.2 Å². The van der Waals surface area contributed by atoms with Gasteiger partial charge < -0.3 is 10.1 Å². The fourth-order valence-corrected chi connectivity index (χ4v) is 2.73. The maximum atomic E-state index is 11.8. The van der Waals surface area contributed by atoms with E-state index >= 15 is 0 Å². The summed E-state index contributed by atoms with van der Waals surface area (Å²) < 4.78 is 6.57. The number of alkyl halides is 1. The lowest BCUT2D eigenvalue weighted by molar-refractivity contribution is 0.0949. The maximum absolute atomic E-state index is 11.8. The molecule has 6 heteroatoms. The second-order valence-electron chi connectivity index (χ2n) is 3.42. The summed E-state index contributed by atoms with van der Waals surface area (Å²) in [7, 11) is 1.57. The number of methoxy groups -OCH3 is 1. The Bertz CT molecular complexity index is 381. The van der Waals surface area contributed by atoms with E-state index in [0.717, 1.165) is 8.95 Å². The van der Waals surface area contributed by atoms with Crippen molar-refractivity contribution in [3.05, 3.63) is 32.7 Å². The van der Waals surface area contributed by atoms with Gasteiger partial charge in [-0.2, -0.15) is 0 Å². The van der Waals surface area contributed by atoms with E-state index in [0.29, 0.717) is 18.7 Å². The lowest BCUT2D eigenvalue weighted by Gasteiger charge is -2.10. The van der Waals surface area contributed by atoms with Gasteiger partial charge in [-0.25, -0.2) is 0 Å². The van der Waals surface area contributed by atoms with Crippen molar-refractivity contribution in [2.24, 2.45) is 0 Å². The fraction of sp³-hybridized carbons (Fsp3) is 0.364. The number of amides is 1. The van der Waals surface area contributed by atoms with E-state index in [1.54, 1.807) is 19.2 Å². The van der Waals surface area contributed by atoms with Crippen molar-refractivity contribution < 1.29 is 9.53 Å². The first kappa shape index (κ1) is 15.0. The Kier molecular flexibility index (Phi) is 6.48. The summed E-state index contributed by atoms with van der Waals surface area (Å²) >= 11 is 12.6. The van der Waals surface area contributed by atoms with Crippen LogP contribution in [0.2, 0.25) is 0 Å². The molecule has 1 aromatic carbocycles. The van der Waals surface area contributed by atoms with Gasteiger partial charge in [-0.3, -0.25) is 4.79 Å². The Balaban J connectivity index is 2.58. The Morgan fingerprint density at radius 3 is 2.53 bits per heavy atom. The van der Waals surface area contributed by atoms with E-state index in [1.165, 1.54) is 0 Å². The minimum Gasteiger partial charge on any atom is -0.383 e. The molecule has 1 amide bonds. The van der Waals surface area contributed by atoms with Crippen LogP contribution in [0.15, 0.2) is 27.1 Å². The van der Waals surface area contributed by atoms with E-state index in [4.69, 9.17) is 16.3 Å². The summed E-state index contributed by atoms with van der Waals surface area (Å²) in [6.07, 6.45) is 0. The average Bonchev–Trinajstić information content (AvgIpc) is 2.25. The zero-order valence-electron chi connectivity index (χ0n) is 9.17. The zero-order valence-corrected chi connectivity index (χ0v) is 13.1. The number of benzene rings is 1. The van der Waals surface area contributed by atoms with Crippen LogP contribution < -0.4 is 5.32 Å². The zero-order chi connectivity index (χ0) is 12.8. The van der Waals surface area contributed by atoms with Crippen molar-refractivity contribution in [2.45, 2.75) is 5.38 Å². The molecular weight excluding hydrogens is 373 g/mol. The van der Waals surface area contributed by atoms with Gasteiger partial charge >= 0.3 is 0 Å². The third-order valence-electron chi connectivity index (χ3n) is 1.96. The molecule has 0 saturated heterocycles. The van der Waals surface area contributed by atoms with Crippen LogP contribution in [0.1, 0.15) is 10.4 Å². The summed E-state index contributed by atoms with van der Waals surface area (Å²) in [5.74, 6) is -0.159. The van der Waals surface area contributed by atoms with Crippen molar-refractivity contribution in [2.75, 3.05) is 20.3 Å². The van der Waals surface area contributed by atoms with E-state index in [1.807, 2.05) is 6.07 Å². The molecule has 0 saturated carbocycles. The Hall–Kier alpha value is -0.100. The number of carbonyl (C=O) groups is 1. The smallest absolute Gasteiger partial charge is 0.251 e. The molecule has 1 N–H and O–H groups in total. The van der Waals surface area contributed by atoms with E-state index in [9.17, 15) is 4.79 Å². The Morgan fingerprint density at radius 1 is 1.41 bits per heavy atom. The van der Waals surface area contributed by atoms with Crippen LogP contribution >= 0.6 is 43.5 Å². The van der Waals surface area contributed by atoms with Crippen LogP contribution in [-0.2, 0) is 4.74 Å². The number of hydrogen-bond donors (Lipinski definition) is 1. The van der Waals surface area contributed by atoms with Gasteiger partial charge in [0.15, 0.2) is 0 Å². The average molecular weight is 385 g/mol. The van der Waals surface area contributed by atoms with E-state index < -0.39 is 0 Å². The summed E-state index contributed by atoms with van der Waals surface area (Å²) in [5, 5.41) is 2.52. The number of ether oxygens (including phenoxy) is 1. The van der Waals surface area contributed by atoms with Gasteiger partial charge in [0.1, 0.15) is 0 Å². The number of halogens is 3. The summed E-state index contributed by atoms with van der Waals surface area (Å²) in [6.45, 7) is 0.780. The lowest BCUT2D eigenvalue weighted by atomic mass is 10.2. The standard InChI is InChI=1S/C11H12Br2ClNO2/c1-17-6-10(14)5-15-11(16)7-2-8(12)4-9(13)3-7/h2-4,10H,5-6H2,1H3,(H,15,16). The predicted octanol–water partition coefficient (Wildman–Crippen LogP) is 3.20. The minimum atomic E-state index is -0.223. The van der Waals surface area contributed by atoms with Gasteiger partial charge in [-0.1, -0.05) is 31.9 Å². The molecule has 0 aliphatic rings. The Labute approximate surface area is 122 Å². The SMILES string of the molecule is COCC(Cl)CNC(=O)c1cc(Br)cc(Br)c1. The monoisotopic (exact) mass is 383 g/mol. The molecule has 0 aromatic heterocycles. The van der Waals surface area contributed by atoms with Gasteiger partial charge in [0.2, 0.25) is 0 Å². The third-order valence-corrected chi connectivity index (χ3v) is 3.15. The summed E-state index contributed by atoms with van der Waals surface area (Å²) in [5.41, 5.74) is 0.576. The highest BCUT2D eigenvalue weighted by Crippen LogP contribution is 2.20. The quantitative estimate of drug-likeness (QED) is 0.791. The van der Waals surface area contributed by atoms with Crippen molar-refractivity contribution in [1.29, 1.82) is 0 Å². The molecule has 1 unspecified atom stereocenters. The highest BCUT2D eigenvalue weighted by Gasteiger charge is 2.10. The molecule has 0 heterocycles. The number of rotatable bonds is 5. The summed E-state index contributed by atoms with van der Waals surface area (Å²) in [4.78, 5) is 11.8. The molecule has 0 aliphatic heterocycles. The molecule has 0 bridgehead atoms. The Morgan fingerprint density at radius 2 is 2.00 bits per heavy atom. The van der Waals surface area contributed by atoms with Crippen LogP contribution in [0, 0.1) is 0 Å². The van der Waals surface area contributed by atoms with Crippen LogP contribution in [0.25, 0.3) is 0 Å². The lowest BCUT2D eigenvalue weighted by Crippen LogP contribution is -2.31. The maximum Gasteiger partial charge on any atom is 0.251 e. The van der Waals surface area contributed by atoms with Crippen LogP contribution in [0.4, 0.5) is 0 Å². The van der Waals surface area contributed by atoms with E-state index in [2.05, 4.69) is 37.2 Å². The van der Waals surface area contributed by atoms with Gasteiger partial charge in [-0.15, -0.1) is 11.6 Å².